The number of hydrogen-bond acceptors (Lipinski definition) is 5. The summed E-state index contributed by atoms with van der Waals surface area (Å²) in [4.78, 5) is 29.0. The number of para-hydroxylation sites is 1. The van der Waals surface area contributed by atoms with Crippen molar-refractivity contribution in [2.45, 2.75) is 25.3 Å². The van der Waals surface area contributed by atoms with E-state index in [-0.39, 0.29) is 12.1 Å². The lowest BCUT2D eigenvalue weighted by molar-refractivity contribution is -0.149. The van der Waals surface area contributed by atoms with Gasteiger partial charge in [0.1, 0.15) is 11.8 Å². The van der Waals surface area contributed by atoms with Gasteiger partial charge in [-0.05, 0) is 24.5 Å². The van der Waals surface area contributed by atoms with E-state index < -0.39 is 17.9 Å². The fourth-order valence-corrected chi connectivity index (χ4v) is 3.17. The SMILES string of the molecule is COC(=O)[C@@H]1CCCN1C(=O)/C(Cc1c[nH]c2ccccc12)=N\O. The summed E-state index contributed by atoms with van der Waals surface area (Å²) in [6, 6.07) is 7.09. The number of hydrogen-bond donors (Lipinski definition) is 2. The van der Waals surface area contributed by atoms with Crippen molar-refractivity contribution in [3.63, 3.8) is 0 Å². The van der Waals surface area contributed by atoms with Crippen molar-refractivity contribution in [2.75, 3.05) is 13.7 Å². The largest absolute Gasteiger partial charge is 0.467 e. The second-order valence-corrected chi connectivity index (χ2v) is 5.76. The monoisotopic (exact) mass is 329 g/mol. The smallest absolute Gasteiger partial charge is 0.328 e. The molecule has 2 heterocycles. The molecule has 0 unspecified atom stereocenters. The number of H-pyrrole nitrogens is 1. The quantitative estimate of drug-likeness (QED) is 0.386. The van der Waals surface area contributed by atoms with Gasteiger partial charge in [-0.2, -0.15) is 0 Å². The Labute approximate surface area is 138 Å². The molecule has 1 aliphatic heterocycles. The van der Waals surface area contributed by atoms with Gasteiger partial charge in [0.05, 0.1) is 7.11 Å². The Morgan fingerprint density at radius 2 is 2.21 bits per heavy atom. The summed E-state index contributed by atoms with van der Waals surface area (Å²) in [6.07, 6.45) is 3.26. The number of nitrogens with zero attached hydrogens (tertiary/aromatic N) is 2. The van der Waals surface area contributed by atoms with E-state index in [0.717, 1.165) is 22.9 Å². The van der Waals surface area contributed by atoms with Crippen molar-refractivity contribution < 1.29 is 19.5 Å². The Hall–Kier alpha value is -2.83. The van der Waals surface area contributed by atoms with Crippen molar-refractivity contribution in [1.82, 2.24) is 9.88 Å². The number of rotatable bonds is 4. The number of esters is 1. The normalized spacial score (nSPS) is 18.1. The number of benzene rings is 1. The Bertz CT molecular complexity index is 796. The van der Waals surface area contributed by atoms with Crippen LogP contribution < -0.4 is 0 Å². The van der Waals surface area contributed by atoms with E-state index in [0.29, 0.717) is 13.0 Å². The Morgan fingerprint density at radius 3 is 2.96 bits per heavy atom. The van der Waals surface area contributed by atoms with Crippen molar-refractivity contribution in [3.8, 4) is 0 Å². The van der Waals surface area contributed by atoms with Gasteiger partial charge in [0, 0.05) is 30.1 Å². The highest BCUT2D eigenvalue weighted by Crippen LogP contribution is 2.22. The fraction of sp³-hybridized carbons (Fsp3) is 0.353. The van der Waals surface area contributed by atoms with Crippen LogP contribution in [0.5, 0.6) is 0 Å². The summed E-state index contributed by atoms with van der Waals surface area (Å²) in [6.45, 7) is 0.450. The molecule has 1 fully saturated rings. The van der Waals surface area contributed by atoms with Crippen LogP contribution in [0.3, 0.4) is 0 Å². The molecular weight excluding hydrogens is 310 g/mol. The molecular formula is C17H19N3O4. The molecule has 1 saturated heterocycles. The molecule has 1 amide bonds. The van der Waals surface area contributed by atoms with Crippen LogP contribution >= 0.6 is 0 Å². The van der Waals surface area contributed by atoms with Gasteiger partial charge in [-0.1, -0.05) is 23.4 Å². The molecule has 3 rings (SSSR count). The van der Waals surface area contributed by atoms with E-state index in [1.807, 2.05) is 24.3 Å². The van der Waals surface area contributed by atoms with Gasteiger partial charge >= 0.3 is 5.97 Å². The van der Waals surface area contributed by atoms with E-state index in [1.165, 1.54) is 12.0 Å². The van der Waals surface area contributed by atoms with Gasteiger partial charge in [-0.3, -0.25) is 4.79 Å². The molecule has 1 aromatic heterocycles. The molecule has 7 nitrogen and oxygen atoms in total. The van der Waals surface area contributed by atoms with Crippen LogP contribution in [0.1, 0.15) is 18.4 Å². The highest BCUT2D eigenvalue weighted by atomic mass is 16.5. The lowest BCUT2D eigenvalue weighted by atomic mass is 10.1. The van der Waals surface area contributed by atoms with Crippen molar-refractivity contribution >= 4 is 28.5 Å². The number of fused-ring (bicyclic) bond motifs is 1. The van der Waals surface area contributed by atoms with E-state index in [1.54, 1.807) is 6.20 Å². The fourth-order valence-electron chi connectivity index (χ4n) is 3.17. The summed E-state index contributed by atoms with van der Waals surface area (Å²) in [5, 5.41) is 13.5. The molecule has 1 atom stereocenters. The van der Waals surface area contributed by atoms with Crippen LogP contribution in [0, 0.1) is 0 Å². The third kappa shape index (κ3) is 2.84. The molecule has 0 radical (unpaired) electrons. The van der Waals surface area contributed by atoms with Crippen molar-refractivity contribution in [2.24, 2.45) is 5.16 Å². The highest BCUT2D eigenvalue weighted by Gasteiger charge is 2.36. The maximum atomic E-state index is 12.7. The predicted molar refractivity (Wildman–Crippen MR) is 88.0 cm³/mol. The number of amides is 1. The minimum Gasteiger partial charge on any atom is -0.467 e. The molecule has 1 aliphatic rings. The summed E-state index contributed by atoms with van der Waals surface area (Å²) in [7, 11) is 1.30. The van der Waals surface area contributed by atoms with Gasteiger partial charge in [-0.25, -0.2) is 4.79 Å². The van der Waals surface area contributed by atoms with Crippen LogP contribution in [0.2, 0.25) is 0 Å². The minimum absolute atomic E-state index is 0.00977. The summed E-state index contributed by atoms with van der Waals surface area (Å²) < 4.78 is 4.75. The molecule has 0 saturated carbocycles. The third-order valence-electron chi connectivity index (χ3n) is 4.39. The van der Waals surface area contributed by atoms with Crippen LogP contribution in [0.4, 0.5) is 0 Å². The molecule has 0 spiro atoms. The number of carbonyl (C=O) groups is 2. The van der Waals surface area contributed by atoms with Crippen LogP contribution in [0.25, 0.3) is 10.9 Å². The number of oxime groups is 1. The van der Waals surface area contributed by atoms with Gasteiger partial charge < -0.3 is 19.8 Å². The maximum absolute atomic E-state index is 12.7. The zero-order valence-electron chi connectivity index (χ0n) is 13.4. The van der Waals surface area contributed by atoms with Crippen molar-refractivity contribution in [1.29, 1.82) is 0 Å². The molecule has 0 aliphatic carbocycles. The Morgan fingerprint density at radius 1 is 1.42 bits per heavy atom. The molecule has 2 N–H and O–H groups in total. The molecule has 2 aromatic rings. The third-order valence-corrected chi connectivity index (χ3v) is 4.39. The van der Waals surface area contributed by atoms with E-state index in [9.17, 15) is 14.8 Å². The van der Waals surface area contributed by atoms with Gasteiger partial charge in [0.15, 0.2) is 0 Å². The van der Waals surface area contributed by atoms with E-state index >= 15 is 0 Å². The van der Waals surface area contributed by atoms with Crippen LogP contribution in [0.15, 0.2) is 35.6 Å². The zero-order chi connectivity index (χ0) is 17.1. The lowest BCUT2D eigenvalue weighted by Crippen LogP contribution is -2.44. The number of nitrogens with one attached hydrogen (secondary N) is 1. The first-order valence-electron chi connectivity index (χ1n) is 7.80. The Balaban J connectivity index is 1.81. The average Bonchev–Trinajstić information content (AvgIpc) is 3.25. The number of aromatic amines is 1. The van der Waals surface area contributed by atoms with E-state index in [2.05, 4.69) is 10.1 Å². The summed E-state index contributed by atoms with van der Waals surface area (Å²) >= 11 is 0. The molecule has 1 aromatic carbocycles. The number of ether oxygens (including phenoxy) is 1. The molecule has 126 valence electrons. The summed E-state index contributed by atoms with van der Waals surface area (Å²) in [5.74, 6) is -0.874. The van der Waals surface area contributed by atoms with Crippen LogP contribution in [-0.4, -0.2) is 52.4 Å². The first-order valence-corrected chi connectivity index (χ1v) is 7.80. The number of carbonyl (C=O) groups excluding carboxylic acids is 2. The minimum atomic E-state index is -0.609. The molecule has 7 heteroatoms. The predicted octanol–water partition coefficient (Wildman–Crippen LogP) is 1.70. The average molecular weight is 329 g/mol. The second kappa shape index (κ2) is 6.74. The van der Waals surface area contributed by atoms with Crippen molar-refractivity contribution in [3.05, 3.63) is 36.0 Å². The highest BCUT2D eigenvalue weighted by molar-refractivity contribution is 6.39. The van der Waals surface area contributed by atoms with Gasteiger partial charge in [0.2, 0.25) is 0 Å². The number of likely N-dealkylation sites (tertiary alicyclic amines) is 1. The second-order valence-electron chi connectivity index (χ2n) is 5.76. The first kappa shape index (κ1) is 16.0. The zero-order valence-corrected chi connectivity index (χ0v) is 13.4. The number of aromatic nitrogens is 1. The van der Waals surface area contributed by atoms with Gasteiger partial charge in [-0.15, -0.1) is 0 Å². The summed E-state index contributed by atoms with van der Waals surface area (Å²) in [5.41, 5.74) is 1.82. The van der Waals surface area contributed by atoms with Gasteiger partial charge in [0.25, 0.3) is 5.91 Å². The lowest BCUT2D eigenvalue weighted by Gasteiger charge is -2.22. The van der Waals surface area contributed by atoms with Crippen LogP contribution in [-0.2, 0) is 20.7 Å². The maximum Gasteiger partial charge on any atom is 0.328 e. The molecule has 24 heavy (non-hydrogen) atoms. The van der Waals surface area contributed by atoms with E-state index in [4.69, 9.17) is 4.74 Å². The topological polar surface area (TPSA) is 95.0 Å². The standard InChI is InChI=1S/C17H19N3O4/c1-24-17(22)15-7-4-8-20(15)16(21)14(19-23)9-11-10-18-13-6-3-2-5-12(11)13/h2-3,5-6,10,15,18,23H,4,7-9H2,1H3/b19-14-/t15-/m0/s1. The number of methoxy groups -OCH3 is 1. The first-order chi connectivity index (χ1) is 11.7. The molecule has 0 bridgehead atoms. The Kier molecular flexibility index (Phi) is 4.50.